The number of hydrogen-bond acceptors (Lipinski definition) is 2. The third-order valence-corrected chi connectivity index (χ3v) is 3.93. The van der Waals surface area contributed by atoms with Crippen molar-refractivity contribution in [2.45, 2.75) is 38.6 Å². The molecule has 0 bridgehead atoms. The number of benzene rings is 1. The molecule has 2 N–H and O–H groups in total. The minimum Gasteiger partial charge on any atom is -0.323 e. The maximum Gasteiger partial charge on any atom is 0.140 e. The zero-order valence-corrected chi connectivity index (χ0v) is 10.4. The van der Waals surface area contributed by atoms with Gasteiger partial charge in [0, 0.05) is 17.9 Å². The molecule has 0 amide bonds. The van der Waals surface area contributed by atoms with Crippen molar-refractivity contribution in [2.24, 2.45) is 17.6 Å². The number of carbonyl (C=O) groups excluding carboxylic acids is 1. The molecule has 2 atom stereocenters. The van der Waals surface area contributed by atoms with Gasteiger partial charge in [-0.25, -0.2) is 0 Å². The molecule has 2 nitrogen and oxygen atoms in total. The highest BCUT2D eigenvalue weighted by atomic mass is 16.1. The van der Waals surface area contributed by atoms with E-state index in [2.05, 4.69) is 0 Å². The summed E-state index contributed by atoms with van der Waals surface area (Å²) >= 11 is 0. The molecule has 92 valence electrons. The summed E-state index contributed by atoms with van der Waals surface area (Å²) in [5.41, 5.74) is 7.25. The smallest absolute Gasteiger partial charge is 0.140 e. The van der Waals surface area contributed by atoms with Crippen LogP contribution in [-0.4, -0.2) is 5.78 Å². The van der Waals surface area contributed by atoms with Gasteiger partial charge >= 0.3 is 0 Å². The molecule has 0 spiro atoms. The van der Waals surface area contributed by atoms with Gasteiger partial charge in [-0.1, -0.05) is 50.1 Å². The summed E-state index contributed by atoms with van der Waals surface area (Å²) in [6, 6.07) is 9.76. The van der Waals surface area contributed by atoms with E-state index in [0.29, 0.717) is 5.78 Å². The summed E-state index contributed by atoms with van der Waals surface area (Å²) in [4.78, 5) is 12.3. The average Bonchev–Trinajstić information content (AvgIpc) is 2.91. The Hall–Kier alpha value is -1.15. The molecular formula is C15H21NO. The van der Waals surface area contributed by atoms with Gasteiger partial charge in [0.1, 0.15) is 5.78 Å². The number of hydrogen-bond donors (Lipinski definition) is 1. The molecule has 2 rings (SSSR count). The Bertz CT molecular complexity index is 368. The lowest BCUT2D eigenvalue weighted by Gasteiger charge is -2.22. The van der Waals surface area contributed by atoms with Crippen LogP contribution in [0.4, 0.5) is 0 Å². The summed E-state index contributed by atoms with van der Waals surface area (Å²) in [6.07, 6.45) is 4.52. The van der Waals surface area contributed by atoms with Gasteiger partial charge in [0.05, 0.1) is 0 Å². The van der Waals surface area contributed by atoms with E-state index < -0.39 is 0 Å². The summed E-state index contributed by atoms with van der Waals surface area (Å²) < 4.78 is 0. The van der Waals surface area contributed by atoms with E-state index in [1.807, 2.05) is 37.3 Å². The topological polar surface area (TPSA) is 43.1 Å². The normalized spacial score (nSPS) is 20.1. The lowest BCUT2D eigenvalue weighted by Crippen LogP contribution is -2.29. The van der Waals surface area contributed by atoms with E-state index >= 15 is 0 Å². The van der Waals surface area contributed by atoms with E-state index in [1.165, 1.54) is 12.8 Å². The first-order valence-corrected chi connectivity index (χ1v) is 6.54. The number of ketones is 1. The minimum atomic E-state index is -0.163. The largest absolute Gasteiger partial charge is 0.323 e. The quantitative estimate of drug-likeness (QED) is 0.865. The molecule has 2 heteroatoms. The van der Waals surface area contributed by atoms with Gasteiger partial charge in [0.25, 0.3) is 0 Å². The van der Waals surface area contributed by atoms with Gasteiger partial charge in [0.2, 0.25) is 0 Å². The molecule has 1 aliphatic carbocycles. The second-order valence-electron chi connectivity index (χ2n) is 5.11. The molecule has 0 aliphatic heterocycles. The Morgan fingerprint density at radius 3 is 2.41 bits per heavy atom. The minimum absolute atomic E-state index is 0.0690. The van der Waals surface area contributed by atoms with E-state index in [1.54, 1.807) is 0 Å². The van der Waals surface area contributed by atoms with Crippen LogP contribution in [0.2, 0.25) is 0 Å². The standard InChI is InChI=1S/C15H21NO/c1-11(15(17)13-9-5-6-10-13)14(16)12-7-3-2-4-8-12/h2-4,7-8,11,13-14H,5-6,9-10,16H2,1H3. The van der Waals surface area contributed by atoms with Crippen molar-refractivity contribution >= 4 is 5.78 Å². The number of nitrogens with two attached hydrogens (primary N) is 1. The molecule has 0 radical (unpaired) electrons. The van der Waals surface area contributed by atoms with Gasteiger partial charge < -0.3 is 5.73 Å². The van der Waals surface area contributed by atoms with Crippen molar-refractivity contribution in [3.05, 3.63) is 35.9 Å². The Balaban J connectivity index is 2.04. The van der Waals surface area contributed by atoms with Crippen LogP contribution in [0.3, 0.4) is 0 Å². The molecule has 1 aliphatic rings. The molecule has 0 heterocycles. The van der Waals surface area contributed by atoms with E-state index in [4.69, 9.17) is 5.73 Å². The van der Waals surface area contributed by atoms with E-state index in [9.17, 15) is 4.79 Å². The van der Waals surface area contributed by atoms with Crippen LogP contribution in [0.1, 0.15) is 44.2 Å². The van der Waals surface area contributed by atoms with Gasteiger partial charge in [-0.2, -0.15) is 0 Å². The van der Waals surface area contributed by atoms with Crippen LogP contribution in [0.15, 0.2) is 30.3 Å². The fraction of sp³-hybridized carbons (Fsp3) is 0.533. The van der Waals surface area contributed by atoms with Crippen LogP contribution in [0, 0.1) is 11.8 Å². The number of Topliss-reactive ketones (excluding diaryl/α,β-unsaturated/α-hetero) is 1. The molecule has 2 unspecified atom stereocenters. The molecule has 17 heavy (non-hydrogen) atoms. The lowest BCUT2D eigenvalue weighted by atomic mass is 9.85. The molecule has 0 saturated heterocycles. The monoisotopic (exact) mass is 231 g/mol. The summed E-state index contributed by atoms with van der Waals surface area (Å²) in [7, 11) is 0. The first-order chi connectivity index (χ1) is 8.20. The van der Waals surface area contributed by atoms with Crippen LogP contribution in [0.25, 0.3) is 0 Å². The summed E-state index contributed by atoms with van der Waals surface area (Å²) in [5.74, 6) is 0.555. The zero-order chi connectivity index (χ0) is 12.3. The van der Waals surface area contributed by atoms with Crippen molar-refractivity contribution in [2.75, 3.05) is 0 Å². The molecule has 1 fully saturated rings. The SMILES string of the molecule is CC(C(=O)C1CCCC1)C(N)c1ccccc1. The molecular weight excluding hydrogens is 210 g/mol. The van der Waals surface area contributed by atoms with Crippen LogP contribution < -0.4 is 5.73 Å². The average molecular weight is 231 g/mol. The molecule has 1 aromatic carbocycles. The second kappa shape index (κ2) is 5.46. The number of rotatable bonds is 4. The van der Waals surface area contributed by atoms with E-state index in [-0.39, 0.29) is 17.9 Å². The molecule has 0 aromatic heterocycles. The maximum atomic E-state index is 12.3. The van der Waals surface area contributed by atoms with Crippen molar-refractivity contribution < 1.29 is 4.79 Å². The van der Waals surface area contributed by atoms with Crippen molar-refractivity contribution in [3.63, 3.8) is 0 Å². The first-order valence-electron chi connectivity index (χ1n) is 6.54. The van der Waals surface area contributed by atoms with Gasteiger partial charge in [-0.05, 0) is 18.4 Å². The van der Waals surface area contributed by atoms with Gasteiger partial charge in [-0.3, -0.25) is 4.79 Å². The van der Waals surface area contributed by atoms with Gasteiger partial charge in [0.15, 0.2) is 0 Å². The lowest BCUT2D eigenvalue weighted by molar-refractivity contribution is -0.126. The molecule has 1 saturated carbocycles. The Morgan fingerprint density at radius 2 is 1.82 bits per heavy atom. The summed E-state index contributed by atoms with van der Waals surface area (Å²) in [6.45, 7) is 1.97. The predicted octanol–water partition coefficient (Wildman–Crippen LogP) is 3.08. The Kier molecular flexibility index (Phi) is 3.95. The van der Waals surface area contributed by atoms with Crippen molar-refractivity contribution in [1.82, 2.24) is 0 Å². The molecule has 1 aromatic rings. The Morgan fingerprint density at radius 1 is 1.24 bits per heavy atom. The predicted molar refractivity (Wildman–Crippen MR) is 69.5 cm³/mol. The zero-order valence-electron chi connectivity index (χ0n) is 10.4. The van der Waals surface area contributed by atoms with Crippen molar-refractivity contribution in [3.8, 4) is 0 Å². The Labute approximate surface area is 103 Å². The van der Waals surface area contributed by atoms with E-state index in [0.717, 1.165) is 18.4 Å². The fourth-order valence-corrected chi connectivity index (χ4v) is 2.72. The van der Waals surface area contributed by atoms with Crippen LogP contribution in [0.5, 0.6) is 0 Å². The first kappa shape index (κ1) is 12.3. The van der Waals surface area contributed by atoms with Crippen LogP contribution >= 0.6 is 0 Å². The summed E-state index contributed by atoms with van der Waals surface area (Å²) in [5, 5.41) is 0. The third-order valence-electron chi connectivity index (χ3n) is 3.93. The van der Waals surface area contributed by atoms with Crippen LogP contribution in [-0.2, 0) is 4.79 Å². The number of carbonyl (C=O) groups is 1. The third kappa shape index (κ3) is 2.75. The highest BCUT2D eigenvalue weighted by molar-refractivity contribution is 5.84. The maximum absolute atomic E-state index is 12.3. The second-order valence-corrected chi connectivity index (χ2v) is 5.11. The highest BCUT2D eigenvalue weighted by Crippen LogP contribution is 2.31. The fourth-order valence-electron chi connectivity index (χ4n) is 2.72. The highest BCUT2D eigenvalue weighted by Gasteiger charge is 2.30. The van der Waals surface area contributed by atoms with Gasteiger partial charge in [-0.15, -0.1) is 0 Å². The van der Waals surface area contributed by atoms with Crippen molar-refractivity contribution in [1.29, 1.82) is 0 Å².